The largest absolute Gasteiger partial charge is 0.354 e. The van der Waals surface area contributed by atoms with Gasteiger partial charge in [-0.05, 0) is 19.1 Å². The van der Waals surface area contributed by atoms with E-state index in [0.717, 1.165) is 11.3 Å². The molecule has 2 aromatic rings. The van der Waals surface area contributed by atoms with Crippen molar-refractivity contribution in [3.05, 3.63) is 35.8 Å². The minimum atomic E-state index is -0.110. The van der Waals surface area contributed by atoms with Gasteiger partial charge in [-0.15, -0.1) is 0 Å². The monoisotopic (exact) mass is 189 g/mol. The highest BCUT2D eigenvalue weighted by Crippen LogP contribution is 2.10. The first-order chi connectivity index (χ1) is 6.74. The zero-order valence-electron chi connectivity index (χ0n) is 8.11. The van der Waals surface area contributed by atoms with Crippen molar-refractivity contribution in [2.75, 3.05) is 7.05 Å². The molecule has 0 aromatic carbocycles. The van der Waals surface area contributed by atoms with Gasteiger partial charge in [-0.3, -0.25) is 9.20 Å². The van der Waals surface area contributed by atoms with Crippen LogP contribution in [0.1, 0.15) is 16.2 Å². The van der Waals surface area contributed by atoms with Crippen LogP contribution in [0.5, 0.6) is 0 Å². The number of imidazole rings is 1. The van der Waals surface area contributed by atoms with Gasteiger partial charge in [-0.1, -0.05) is 6.07 Å². The van der Waals surface area contributed by atoms with Crippen molar-refractivity contribution in [1.29, 1.82) is 0 Å². The van der Waals surface area contributed by atoms with E-state index < -0.39 is 0 Å². The molecule has 14 heavy (non-hydrogen) atoms. The number of nitrogens with one attached hydrogen (secondary N) is 1. The molecular formula is C10H11N3O. The van der Waals surface area contributed by atoms with Gasteiger partial charge in [0.2, 0.25) is 0 Å². The molecule has 1 amide bonds. The van der Waals surface area contributed by atoms with Gasteiger partial charge in [0, 0.05) is 13.2 Å². The predicted octanol–water partition coefficient (Wildman–Crippen LogP) is 1.00. The lowest BCUT2D eigenvalue weighted by atomic mass is 10.3. The van der Waals surface area contributed by atoms with Crippen LogP contribution in [0.2, 0.25) is 0 Å². The number of aryl methyl sites for hydroxylation is 1. The first kappa shape index (κ1) is 8.74. The lowest BCUT2D eigenvalue weighted by molar-refractivity contribution is 0.0956. The topological polar surface area (TPSA) is 46.4 Å². The van der Waals surface area contributed by atoms with E-state index in [9.17, 15) is 4.79 Å². The van der Waals surface area contributed by atoms with E-state index in [1.807, 2.05) is 31.3 Å². The zero-order valence-corrected chi connectivity index (χ0v) is 8.11. The van der Waals surface area contributed by atoms with E-state index in [1.165, 1.54) is 0 Å². The third kappa shape index (κ3) is 1.16. The Bertz CT molecular complexity index is 487. The highest BCUT2D eigenvalue weighted by atomic mass is 16.1. The molecule has 2 heterocycles. The summed E-state index contributed by atoms with van der Waals surface area (Å²) in [6.45, 7) is 1.83. The highest BCUT2D eigenvalue weighted by Gasteiger charge is 2.13. The standard InChI is InChI=1S/C10H11N3O/c1-7-9(10(14)11-2)13-6-4-3-5-8(13)12-7/h3-6H,1-2H3,(H,11,14). The van der Waals surface area contributed by atoms with E-state index >= 15 is 0 Å². The van der Waals surface area contributed by atoms with Crippen LogP contribution in [-0.2, 0) is 0 Å². The molecule has 1 N–H and O–H groups in total. The second-order valence-electron chi connectivity index (χ2n) is 3.05. The third-order valence-corrected chi connectivity index (χ3v) is 2.15. The van der Waals surface area contributed by atoms with Crippen LogP contribution < -0.4 is 5.32 Å². The lowest BCUT2D eigenvalue weighted by Gasteiger charge is -2.00. The van der Waals surface area contributed by atoms with Crippen molar-refractivity contribution >= 4 is 11.6 Å². The molecule has 2 aromatic heterocycles. The second kappa shape index (κ2) is 3.14. The Morgan fingerprint density at radius 3 is 3.00 bits per heavy atom. The van der Waals surface area contributed by atoms with E-state index in [2.05, 4.69) is 10.3 Å². The van der Waals surface area contributed by atoms with Gasteiger partial charge in [-0.25, -0.2) is 4.98 Å². The molecule has 0 fully saturated rings. The third-order valence-electron chi connectivity index (χ3n) is 2.15. The van der Waals surface area contributed by atoms with E-state index in [0.29, 0.717) is 5.69 Å². The normalized spacial score (nSPS) is 10.4. The van der Waals surface area contributed by atoms with Gasteiger partial charge in [-0.2, -0.15) is 0 Å². The van der Waals surface area contributed by atoms with Crippen molar-refractivity contribution in [2.45, 2.75) is 6.92 Å². The molecule has 0 unspecified atom stereocenters. The molecule has 0 radical (unpaired) electrons. The zero-order chi connectivity index (χ0) is 10.1. The summed E-state index contributed by atoms with van der Waals surface area (Å²) in [5, 5.41) is 2.60. The number of pyridine rings is 1. The fourth-order valence-corrected chi connectivity index (χ4v) is 1.51. The van der Waals surface area contributed by atoms with Crippen molar-refractivity contribution in [3.8, 4) is 0 Å². The minimum Gasteiger partial charge on any atom is -0.354 e. The van der Waals surface area contributed by atoms with E-state index in [-0.39, 0.29) is 5.91 Å². The molecule has 0 aliphatic rings. The van der Waals surface area contributed by atoms with Gasteiger partial charge in [0.25, 0.3) is 5.91 Å². The van der Waals surface area contributed by atoms with Crippen molar-refractivity contribution < 1.29 is 4.79 Å². The Morgan fingerprint density at radius 2 is 2.29 bits per heavy atom. The molecule has 0 bridgehead atoms. The molecule has 0 aliphatic carbocycles. The lowest BCUT2D eigenvalue weighted by Crippen LogP contribution is -2.20. The van der Waals surface area contributed by atoms with Crippen LogP contribution >= 0.6 is 0 Å². The van der Waals surface area contributed by atoms with Crippen molar-refractivity contribution in [3.63, 3.8) is 0 Å². The smallest absolute Gasteiger partial charge is 0.269 e. The summed E-state index contributed by atoms with van der Waals surface area (Å²) in [4.78, 5) is 15.8. The number of hydrogen-bond acceptors (Lipinski definition) is 2. The fraction of sp³-hybridized carbons (Fsp3) is 0.200. The number of aromatic nitrogens is 2. The van der Waals surface area contributed by atoms with Gasteiger partial charge < -0.3 is 5.32 Å². The molecule has 4 heteroatoms. The molecule has 4 nitrogen and oxygen atoms in total. The number of carbonyl (C=O) groups excluding carboxylic acids is 1. The number of amides is 1. The van der Waals surface area contributed by atoms with Crippen LogP contribution in [0.4, 0.5) is 0 Å². The van der Waals surface area contributed by atoms with Crippen LogP contribution in [0.25, 0.3) is 5.65 Å². The molecule has 0 saturated heterocycles. The summed E-state index contributed by atoms with van der Waals surface area (Å²) in [5.41, 5.74) is 2.14. The van der Waals surface area contributed by atoms with Crippen LogP contribution in [-0.4, -0.2) is 22.3 Å². The van der Waals surface area contributed by atoms with Crippen LogP contribution in [0.3, 0.4) is 0 Å². The summed E-state index contributed by atoms with van der Waals surface area (Å²) in [6, 6.07) is 5.65. The van der Waals surface area contributed by atoms with E-state index in [4.69, 9.17) is 0 Å². The van der Waals surface area contributed by atoms with Crippen molar-refractivity contribution in [2.24, 2.45) is 0 Å². The summed E-state index contributed by atoms with van der Waals surface area (Å²) in [5.74, 6) is -0.110. The average molecular weight is 189 g/mol. The summed E-state index contributed by atoms with van der Waals surface area (Å²) in [6.07, 6.45) is 1.83. The molecule has 2 rings (SSSR count). The van der Waals surface area contributed by atoms with Crippen molar-refractivity contribution in [1.82, 2.24) is 14.7 Å². The first-order valence-corrected chi connectivity index (χ1v) is 4.40. The Labute approximate surface area is 81.6 Å². The first-order valence-electron chi connectivity index (χ1n) is 4.40. The van der Waals surface area contributed by atoms with Gasteiger partial charge >= 0.3 is 0 Å². The van der Waals surface area contributed by atoms with Crippen LogP contribution in [0.15, 0.2) is 24.4 Å². The maximum Gasteiger partial charge on any atom is 0.269 e. The quantitative estimate of drug-likeness (QED) is 0.727. The predicted molar refractivity (Wildman–Crippen MR) is 53.3 cm³/mol. The molecule has 0 spiro atoms. The Kier molecular flexibility index (Phi) is 1.96. The molecule has 0 saturated carbocycles. The number of hydrogen-bond donors (Lipinski definition) is 1. The second-order valence-corrected chi connectivity index (χ2v) is 3.05. The average Bonchev–Trinajstić information content (AvgIpc) is 2.53. The SMILES string of the molecule is CNC(=O)c1c(C)nc2ccccn12. The number of carbonyl (C=O) groups is 1. The summed E-state index contributed by atoms with van der Waals surface area (Å²) >= 11 is 0. The Balaban J connectivity index is 2.74. The summed E-state index contributed by atoms with van der Waals surface area (Å²) < 4.78 is 1.79. The number of fused-ring (bicyclic) bond motifs is 1. The van der Waals surface area contributed by atoms with Gasteiger partial charge in [0.1, 0.15) is 11.3 Å². The van der Waals surface area contributed by atoms with Crippen LogP contribution in [0, 0.1) is 6.92 Å². The molecule has 72 valence electrons. The van der Waals surface area contributed by atoms with E-state index in [1.54, 1.807) is 11.4 Å². The molecule has 0 atom stereocenters. The Morgan fingerprint density at radius 1 is 1.50 bits per heavy atom. The number of rotatable bonds is 1. The van der Waals surface area contributed by atoms with Gasteiger partial charge in [0.15, 0.2) is 0 Å². The molecule has 0 aliphatic heterocycles. The fourth-order valence-electron chi connectivity index (χ4n) is 1.51. The maximum absolute atomic E-state index is 11.5. The number of nitrogens with zero attached hydrogens (tertiary/aromatic N) is 2. The highest BCUT2D eigenvalue weighted by molar-refractivity contribution is 5.94. The molecular weight excluding hydrogens is 178 g/mol. The van der Waals surface area contributed by atoms with Gasteiger partial charge in [0.05, 0.1) is 5.69 Å². The Hall–Kier alpha value is -1.84. The minimum absolute atomic E-state index is 0.110. The maximum atomic E-state index is 11.5. The summed E-state index contributed by atoms with van der Waals surface area (Å²) in [7, 11) is 1.62.